The Morgan fingerprint density at radius 1 is 1.67 bits per heavy atom. The third kappa shape index (κ3) is 2.44. The van der Waals surface area contributed by atoms with Crippen molar-refractivity contribution in [3.63, 3.8) is 0 Å². The van der Waals surface area contributed by atoms with Crippen molar-refractivity contribution in [1.29, 1.82) is 0 Å². The van der Waals surface area contributed by atoms with Gasteiger partial charge in [0, 0.05) is 12.7 Å². The first-order valence-electron chi connectivity index (χ1n) is 5.84. The number of morpholine rings is 1. The Morgan fingerprint density at radius 3 is 3.11 bits per heavy atom. The molecule has 0 bridgehead atoms. The Bertz CT molecular complexity index is 485. The SMILES string of the molecule is CC1COC(CO)CN1C(=O)c1ccc[nH]c1=O. The monoisotopic (exact) mass is 252 g/mol. The van der Waals surface area contributed by atoms with Crippen molar-refractivity contribution >= 4 is 5.91 Å². The number of aliphatic hydroxyl groups excluding tert-OH is 1. The summed E-state index contributed by atoms with van der Waals surface area (Å²) in [4.78, 5) is 27.9. The quantitative estimate of drug-likeness (QED) is 0.750. The minimum absolute atomic E-state index is 0.111. The summed E-state index contributed by atoms with van der Waals surface area (Å²) >= 11 is 0. The van der Waals surface area contributed by atoms with Crippen LogP contribution in [0, 0.1) is 0 Å². The van der Waals surface area contributed by atoms with Crippen LogP contribution >= 0.6 is 0 Å². The van der Waals surface area contributed by atoms with Crippen LogP contribution in [0.15, 0.2) is 23.1 Å². The van der Waals surface area contributed by atoms with E-state index in [2.05, 4.69) is 4.98 Å². The van der Waals surface area contributed by atoms with Gasteiger partial charge in [0.15, 0.2) is 0 Å². The second kappa shape index (κ2) is 5.32. The number of nitrogens with one attached hydrogen (secondary N) is 1. The summed E-state index contributed by atoms with van der Waals surface area (Å²) in [5.41, 5.74) is -0.287. The number of H-pyrrole nitrogens is 1. The van der Waals surface area contributed by atoms with Gasteiger partial charge in [-0.1, -0.05) is 0 Å². The zero-order valence-corrected chi connectivity index (χ0v) is 10.1. The van der Waals surface area contributed by atoms with Crippen LogP contribution < -0.4 is 5.56 Å². The van der Waals surface area contributed by atoms with Gasteiger partial charge in [0.25, 0.3) is 11.5 Å². The van der Waals surface area contributed by atoms with Crippen molar-refractivity contribution < 1.29 is 14.6 Å². The average Bonchev–Trinajstić information content (AvgIpc) is 2.39. The van der Waals surface area contributed by atoms with Gasteiger partial charge >= 0.3 is 0 Å². The van der Waals surface area contributed by atoms with Crippen molar-refractivity contribution in [1.82, 2.24) is 9.88 Å². The molecule has 1 fully saturated rings. The molecule has 18 heavy (non-hydrogen) atoms. The fourth-order valence-electron chi connectivity index (χ4n) is 1.96. The Morgan fingerprint density at radius 2 is 2.44 bits per heavy atom. The van der Waals surface area contributed by atoms with E-state index in [1.54, 1.807) is 11.0 Å². The van der Waals surface area contributed by atoms with Gasteiger partial charge in [0.1, 0.15) is 5.56 Å². The molecular formula is C12H16N2O4. The minimum atomic E-state index is -0.401. The molecule has 2 unspecified atom stereocenters. The molecule has 0 radical (unpaired) electrons. The normalized spacial score (nSPS) is 24.0. The Labute approximate surface area is 104 Å². The number of aromatic nitrogens is 1. The molecule has 1 amide bonds. The van der Waals surface area contributed by atoms with Gasteiger partial charge in [-0.3, -0.25) is 9.59 Å². The van der Waals surface area contributed by atoms with Crippen molar-refractivity contribution in [2.24, 2.45) is 0 Å². The van der Waals surface area contributed by atoms with Crippen molar-refractivity contribution in [3.05, 3.63) is 34.2 Å². The highest BCUT2D eigenvalue weighted by molar-refractivity contribution is 5.94. The molecule has 2 rings (SSSR count). The summed E-state index contributed by atoms with van der Waals surface area (Å²) in [6, 6.07) is 3.00. The predicted molar refractivity (Wildman–Crippen MR) is 64.4 cm³/mol. The number of rotatable bonds is 2. The summed E-state index contributed by atoms with van der Waals surface area (Å²) in [5.74, 6) is -0.328. The molecule has 1 saturated heterocycles. The molecule has 1 aliphatic rings. The zero-order chi connectivity index (χ0) is 13.1. The summed E-state index contributed by atoms with van der Waals surface area (Å²) in [7, 11) is 0. The molecule has 0 aliphatic carbocycles. The van der Waals surface area contributed by atoms with Crippen molar-refractivity contribution in [2.75, 3.05) is 19.8 Å². The van der Waals surface area contributed by atoms with Gasteiger partial charge in [0.2, 0.25) is 0 Å². The van der Waals surface area contributed by atoms with Crippen LogP contribution in [0.2, 0.25) is 0 Å². The van der Waals surface area contributed by atoms with E-state index in [-0.39, 0.29) is 30.2 Å². The summed E-state index contributed by atoms with van der Waals surface area (Å²) in [6.45, 7) is 2.37. The first kappa shape index (κ1) is 12.8. The van der Waals surface area contributed by atoms with E-state index < -0.39 is 5.56 Å². The number of amides is 1. The minimum Gasteiger partial charge on any atom is -0.394 e. The molecule has 1 aliphatic heterocycles. The van der Waals surface area contributed by atoms with Crippen LogP contribution in [0.5, 0.6) is 0 Å². The molecule has 6 heteroatoms. The number of carbonyl (C=O) groups is 1. The summed E-state index contributed by atoms with van der Waals surface area (Å²) in [5, 5.41) is 9.07. The van der Waals surface area contributed by atoms with Crippen LogP contribution in [0.4, 0.5) is 0 Å². The molecular weight excluding hydrogens is 236 g/mol. The van der Waals surface area contributed by atoms with E-state index in [4.69, 9.17) is 9.84 Å². The Kier molecular flexibility index (Phi) is 3.78. The molecule has 2 heterocycles. The topological polar surface area (TPSA) is 82.6 Å². The van der Waals surface area contributed by atoms with E-state index in [0.29, 0.717) is 13.2 Å². The fourth-order valence-corrected chi connectivity index (χ4v) is 1.96. The molecule has 2 N–H and O–H groups in total. The number of carbonyl (C=O) groups excluding carboxylic acids is 1. The lowest BCUT2D eigenvalue weighted by atomic mass is 10.1. The van der Waals surface area contributed by atoms with Gasteiger partial charge in [0.05, 0.1) is 25.4 Å². The van der Waals surface area contributed by atoms with Crippen LogP contribution in [0.3, 0.4) is 0 Å². The van der Waals surface area contributed by atoms with Gasteiger partial charge in [-0.25, -0.2) is 0 Å². The highest BCUT2D eigenvalue weighted by Gasteiger charge is 2.30. The number of aromatic amines is 1. The largest absolute Gasteiger partial charge is 0.394 e. The maximum absolute atomic E-state index is 12.3. The maximum Gasteiger partial charge on any atom is 0.260 e. The van der Waals surface area contributed by atoms with E-state index in [1.807, 2.05) is 6.92 Å². The third-order valence-corrected chi connectivity index (χ3v) is 3.02. The Hall–Kier alpha value is -1.66. The van der Waals surface area contributed by atoms with Gasteiger partial charge in [-0.05, 0) is 19.1 Å². The number of hydrogen-bond donors (Lipinski definition) is 2. The van der Waals surface area contributed by atoms with Crippen LogP contribution in [-0.2, 0) is 4.74 Å². The standard InChI is InChI=1S/C12H16N2O4/c1-8-7-18-9(6-15)5-14(8)12(17)10-3-2-4-13-11(10)16/h2-4,8-9,15H,5-7H2,1H3,(H,13,16). The van der Waals surface area contributed by atoms with Crippen LogP contribution in [0.1, 0.15) is 17.3 Å². The zero-order valence-electron chi connectivity index (χ0n) is 10.1. The molecule has 0 spiro atoms. The molecule has 2 atom stereocenters. The highest BCUT2D eigenvalue weighted by atomic mass is 16.5. The third-order valence-electron chi connectivity index (χ3n) is 3.02. The molecule has 1 aromatic heterocycles. The first-order chi connectivity index (χ1) is 8.63. The molecule has 6 nitrogen and oxygen atoms in total. The van der Waals surface area contributed by atoms with Crippen LogP contribution in [0.25, 0.3) is 0 Å². The Balaban J connectivity index is 2.22. The van der Waals surface area contributed by atoms with E-state index in [9.17, 15) is 9.59 Å². The molecule has 98 valence electrons. The van der Waals surface area contributed by atoms with Crippen molar-refractivity contribution in [3.8, 4) is 0 Å². The molecule has 0 aromatic carbocycles. The smallest absolute Gasteiger partial charge is 0.260 e. The average molecular weight is 252 g/mol. The summed E-state index contributed by atoms with van der Waals surface area (Å²) < 4.78 is 5.36. The van der Waals surface area contributed by atoms with E-state index >= 15 is 0 Å². The van der Waals surface area contributed by atoms with Gasteiger partial charge < -0.3 is 19.7 Å². The van der Waals surface area contributed by atoms with Gasteiger partial charge in [-0.2, -0.15) is 0 Å². The lowest BCUT2D eigenvalue weighted by molar-refractivity contribution is -0.0667. The fraction of sp³-hybridized carbons (Fsp3) is 0.500. The van der Waals surface area contributed by atoms with Gasteiger partial charge in [-0.15, -0.1) is 0 Å². The lowest BCUT2D eigenvalue weighted by Gasteiger charge is -2.37. The number of aliphatic hydroxyl groups is 1. The number of ether oxygens (including phenoxy) is 1. The van der Waals surface area contributed by atoms with Crippen molar-refractivity contribution in [2.45, 2.75) is 19.1 Å². The maximum atomic E-state index is 12.3. The second-order valence-electron chi connectivity index (χ2n) is 4.36. The highest BCUT2D eigenvalue weighted by Crippen LogP contribution is 2.13. The number of pyridine rings is 1. The first-order valence-corrected chi connectivity index (χ1v) is 5.84. The summed E-state index contributed by atoms with van der Waals surface area (Å²) in [6.07, 6.45) is 1.10. The number of nitrogens with zero attached hydrogens (tertiary/aromatic N) is 1. The van der Waals surface area contributed by atoms with Crippen LogP contribution in [-0.4, -0.2) is 52.8 Å². The number of hydrogen-bond acceptors (Lipinski definition) is 4. The van der Waals surface area contributed by atoms with E-state index in [1.165, 1.54) is 12.3 Å². The second-order valence-corrected chi connectivity index (χ2v) is 4.36. The lowest BCUT2D eigenvalue weighted by Crippen LogP contribution is -2.52. The molecule has 0 saturated carbocycles. The molecule has 1 aromatic rings. The van der Waals surface area contributed by atoms with E-state index in [0.717, 1.165) is 0 Å². The predicted octanol–water partition coefficient (Wildman–Crippen LogP) is -0.403.